The third-order valence-electron chi connectivity index (χ3n) is 4.06. The van der Waals surface area contributed by atoms with E-state index < -0.39 is 0 Å². The fourth-order valence-electron chi connectivity index (χ4n) is 2.50. The summed E-state index contributed by atoms with van der Waals surface area (Å²) in [5.74, 6) is 0. The standard InChI is InChI=1S/C15H25ClN2S/c1-14(2,3)12-9-18(15(4,5)10-17-12)8-11-6-7-13(16)19-11/h6-7,12,17H,8-10H2,1-5H3. The second-order valence-corrected chi connectivity index (χ2v) is 9.00. The molecule has 0 bridgehead atoms. The largest absolute Gasteiger partial charge is 0.310 e. The predicted molar refractivity (Wildman–Crippen MR) is 85.1 cm³/mol. The fourth-order valence-corrected chi connectivity index (χ4v) is 3.60. The number of halogens is 1. The van der Waals surface area contributed by atoms with Gasteiger partial charge in [-0.25, -0.2) is 0 Å². The second-order valence-electron chi connectivity index (χ2n) is 7.20. The van der Waals surface area contributed by atoms with Gasteiger partial charge in [-0.1, -0.05) is 32.4 Å². The summed E-state index contributed by atoms with van der Waals surface area (Å²) in [6.07, 6.45) is 0. The lowest BCUT2D eigenvalue weighted by atomic mass is 9.83. The molecule has 1 aromatic heterocycles. The Hall–Kier alpha value is -0.0900. The van der Waals surface area contributed by atoms with Crippen LogP contribution in [0.3, 0.4) is 0 Å². The van der Waals surface area contributed by atoms with Crippen molar-refractivity contribution >= 4 is 22.9 Å². The summed E-state index contributed by atoms with van der Waals surface area (Å²) < 4.78 is 0.885. The highest BCUT2D eigenvalue weighted by atomic mass is 35.5. The maximum atomic E-state index is 6.04. The van der Waals surface area contributed by atoms with Crippen LogP contribution in [0, 0.1) is 5.41 Å². The molecule has 2 nitrogen and oxygen atoms in total. The van der Waals surface area contributed by atoms with Crippen LogP contribution < -0.4 is 5.32 Å². The Morgan fingerprint density at radius 1 is 1.42 bits per heavy atom. The maximum absolute atomic E-state index is 6.04. The Kier molecular flexibility index (Phi) is 4.32. The molecule has 1 aromatic rings. The van der Waals surface area contributed by atoms with E-state index in [0.717, 1.165) is 24.0 Å². The number of nitrogens with zero attached hydrogens (tertiary/aromatic N) is 1. The van der Waals surface area contributed by atoms with Gasteiger partial charge in [0.15, 0.2) is 0 Å². The number of nitrogens with one attached hydrogen (secondary N) is 1. The van der Waals surface area contributed by atoms with Crippen molar-refractivity contribution in [3.63, 3.8) is 0 Å². The molecule has 1 saturated heterocycles. The van der Waals surface area contributed by atoms with Gasteiger partial charge in [0.05, 0.1) is 4.34 Å². The fraction of sp³-hybridized carbons (Fsp3) is 0.733. The molecule has 2 rings (SSSR count). The maximum Gasteiger partial charge on any atom is 0.0931 e. The van der Waals surface area contributed by atoms with Gasteiger partial charge >= 0.3 is 0 Å². The second kappa shape index (κ2) is 5.36. The van der Waals surface area contributed by atoms with Gasteiger partial charge in [0.2, 0.25) is 0 Å². The molecule has 1 fully saturated rings. The van der Waals surface area contributed by atoms with Gasteiger partial charge in [-0.3, -0.25) is 4.90 Å². The molecule has 2 heterocycles. The zero-order valence-electron chi connectivity index (χ0n) is 12.6. The molecule has 0 radical (unpaired) electrons. The SMILES string of the molecule is CC(C)(C)C1CN(Cc2ccc(Cl)s2)C(C)(C)CN1. The minimum Gasteiger partial charge on any atom is -0.310 e. The van der Waals surface area contributed by atoms with Crippen LogP contribution in [0.5, 0.6) is 0 Å². The third-order valence-corrected chi connectivity index (χ3v) is 5.28. The van der Waals surface area contributed by atoms with E-state index in [4.69, 9.17) is 11.6 Å². The first-order valence-corrected chi connectivity index (χ1v) is 8.10. The highest BCUT2D eigenvalue weighted by Gasteiger charge is 2.38. The van der Waals surface area contributed by atoms with Crippen LogP contribution in [0.15, 0.2) is 12.1 Å². The van der Waals surface area contributed by atoms with Crippen LogP contribution in [-0.4, -0.2) is 29.6 Å². The Labute approximate surface area is 126 Å². The Bertz CT molecular complexity index is 434. The molecular formula is C15H25ClN2S. The van der Waals surface area contributed by atoms with E-state index in [0.29, 0.717) is 11.5 Å². The number of piperazine rings is 1. The van der Waals surface area contributed by atoms with Gasteiger partial charge in [0.25, 0.3) is 0 Å². The molecule has 108 valence electrons. The smallest absolute Gasteiger partial charge is 0.0931 e. The summed E-state index contributed by atoms with van der Waals surface area (Å²) >= 11 is 7.73. The molecule has 1 atom stereocenters. The lowest BCUT2D eigenvalue weighted by Gasteiger charge is -2.49. The van der Waals surface area contributed by atoms with Gasteiger partial charge in [-0.15, -0.1) is 11.3 Å². The van der Waals surface area contributed by atoms with Crippen molar-refractivity contribution in [3.8, 4) is 0 Å². The average molecular weight is 301 g/mol. The van der Waals surface area contributed by atoms with Crippen molar-refractivity contribution in [1.29, 1.82) is 0 Å². The minimum atomic E-state index is 0.193. The summed E-state index contributed by atoms with van der Waals surface area (Å²) in [7, 11) is 0. The molecule has 1 aliphatic rings. The van der Waals surface area contributed by atoms with Crippen LogP contribution in [0.2, 0.25) is 4.34 Å². The molecule has 1 aliphatic heterocycles. The molecule has 0 amide bonds. The van der Waals surface area contributed by atoms with Crippen LogP contribution in [0.25, 0.3) is 0 Å². The van der Waals surface area contributed by atoms with Gasteiger partial charge in [0.1, 0.15) is 0 Å². The Morgan fingerprint density at radius 3 is 2.63 bits per heavy atom. The molecular weight excluding hydrogens is 276 g/mol. The molecule has 0 aromatic carbocycles. The van der Waals surface area contributed by atoms with Crippen molar-refractivity contribution in [2.45, 2.75) is 52.7 Å². The van der Waals surface area contributed by atoms with Crippen LogP contribution in [0.4, 0.5) is 0 Å². The highest BCUT2D eigenvalue weighted by Crippen LogP contribution is 2.30. The predicted octanol–water partition coefficient (Wildman–Crippen LogP) is 4.00. The summed E-state index contributed by atoms with van der Waals surface area (Å²) in [6, 6.07) is 4.69. The highest BCUT2D eigenvalue weighted by molar-refractivity contribution is 7.16. The van der Waals surface area contributed by atoms with Crippen LogP contribution in [0.1, 0.15) is 39.5 Å². The third kappa shape index (κ3) is 3.72. The first-order chi connectivity index (χ1) is 8.68. The van der Waals surface area contributed by atoms with Gasteiger partial charge in [-0.05, 0) is 31.4 Å². The van der Waals surface area contributed by atoms with E-state index in [-0.39, 0.29) is 5.54 Å². The monoisotopic (exact) mass is 300 g/mol. The molecule has 0 spiro atoms. The molecule has 0 aliphatic carbocycles. The van der Waals surface area contributed by atoms with Crippen LogP contribution >= 0.6 is 22.9 Å². The van der Waals surface area contributed by atoms with E-state index in [1.807, 2.05) is 6.07 Å². The average Bonchev–Trinajstić information content (AvgIpc) is 2.65. The van der Waals surface area contributed by atoms with E-state index in [2.05, 4.69) is 50.9 Å². The number of hydrogen-bond donors (Lipinski definition) is 1. The Balaban J connectivity index is 2.11. The minimum absolute atomic E-state index is 0.193. The molecule has 1 N–H and O–H groups in total. The normalized spacial score (nSPS) is 24.6. The van der Waals surface area contributed by atoms with Crippen molar-refractivity contribution in [2.75, 3.05) is 13.1 Å². The lowest BCUT2D eigenvalue weighted by Crippen LogP contribution is -2.64. The zero-order valence-corrected chi connectivity index (χ0v) is 14.2. The van der Waals surface area contributed by atoms with E-state index in [9.17, 15) is 0 Å². The quantitative estimate of drug-likeness (QED) is 0.888. The summed E-state index contributed by atoms with van der Waals surface area (Å²) in [4.78, 5) is 3.94. The van der Waals surface area contributed by atoms with Crippen molar-refractivity contribution < 1.29 is 0 Å². The van der Waals surface area contributed by atoms with E-state index in [1.54, 1.807) is 11.3 Å². The summed E-state index contributed by atoms with van der Waals surface area (Å²) in [6.45, 7) is 14.7. The molecule has 1 unspecified atom stereocenters. The topological polar surface area (TPSA) is 15.3 Å². The van der Waals surface area contributed by atoms with E-state index in [1.165, 1.54) is 4.88 Å². The van der Waals surface area contributed by atoms with Crippen molar-refractivity contribution in [2.24, 2.45) is 5.41 Å². The molecule has 19 heavy (non-hydrogen) atoms. The van der Waals surface area contributed by atoms with Crippen molar-refractivity contribution in [1.82, 2.24) is 10.2 Å². The summed E-state index contributed by atoms with van der Waals surface area (Å²) in [5.41, 5.74) is 0.486. The summed E-state index contributed by atoms with van der Waals surface area (Å²) in [5, 5.41) is 3.71. The number of rotatable bonds is 2. The van der Waals surface area contributed by atoms with Gasteiger partial charge in [0, 0.05) is 36.1 Å². The van der Waals surface area contributed by atoms with Crippen LogP contribution in [-0.2, 0) is 6.54 Å². The van der Waals surface area contributed by atoms with Crippen molar-refractivity contribution in [3.05, 3.63) is 21.3 Å². The van der Waals surface area contributed by atoms with Gasteiger partial charge in [-0.2, -0.15) is 0 Å². The lowest BCUT2D eigenvalue weighted by molar-refractivity contribution is 0.0303. The number of hydrogen-bond acceptors (Lipinski definition) is 3. The zero-order chi connectivity index (χ0) is 14.3. The van der Waals surface area contributed by atoms with E-state index >= 15 is 0 Å². The molecule has 0 saturated carbocycles. The molecule has 4 heteroatoms. The Morgan fingerprint density at radius 2 is 2.11 bits per heavy atom. The van der Waals surface area contributed by atoms with Gasteiger partial charge < -0.3 is 5.32 Å². The first-order valence-electron chi connectivity index (χ1n) is 6.91. The number of thiophene rings is 1. The first kappa shape index (κ1) is 15.3.